The molecule has 0 heterocycles. The van der Waals surface area contributed by atoms with E-state index in [9.17, 15) is 30.4 Å². The number of hydrogen-bond acceptors (Lipinski definition) is 8. The number of nitrogens with zero attached hydrogens (tertiary/aromatic N) is 2. The molecule has 10 nitrogen and oxygen atoms in total. The van der Waals surface area contributed by atoms with E-state index in [-0.39, 0.29) is 25.7 Å². The van der Waals surface area contributed by atoms with Crippen LogP contribution in [0.3, 0.4) is 0 Å². The molecule has 1 aliphatic carbocycles. The van der Waals surface area contributed by atoms with Crippen molar-refractivity contribution in [3.63, 3.8) is 0 Å². The van der Waals surface area contributed by atoms with Crippen LogP contribution in [0.1, 0.15) is 25.7 Å². The first kappa shape index (κ1) is 14.4. The minimum atomic E-state index is -1.12. The van der Waals surface area contributed by atoms with Crippen LogP contribution in [0, 0.1) is 20.2 Å². The van der Waals surface area contributed by atoms with Crippen molar-refractivity contribution in [1.29, 1.82) is 0 Å². The standard InChI is InChI=1S/C8H14N2O8/c11-5-1-3-7(17-9(13)14)6(12)2-4-8(5)18-10(15)16/h5-8,11-12H,1-4H2/t5-,6-,7-,8-/m1/s1. The van der Waals surface area contributed by atoms with E-state index in [1.54, 1.807) is 0 Å². The number of rotatable bonds is 4. The molecule has 1 fully saturated rings. The number of aliphatic hydroxyl groups is 2. The van der Waals surface area contributed by atoms with Crippen molar-refractivity contribution in [2.75, 3.05) is 0 Å². The highest BCUT2D eigenvalue weighted by atomic mass is 17.0. The fraction of sp³-hybridized carbons (Fsp3) is 1.00. The smallest absolute Gasteiger partial charge is 0.294 e. The molecular formula is C8H14N2O8. The highest BCUT2D eigenvalue weighted by Crippen LogP contribution is 2.23. The van der Waals surface area contributed by atoms with Gasteiger partial charge in [-0.25, -0.2) is 0 Å². The zero-order valence-corrected chi connectivity index (χ0v) is 9.38. The van der Waals surface area contributed by atoms with Crippen LogP contribution in [0.25, 0.3) is 0 Å². The van der Waals surface area contributed by atoms with Crippen molar-refractivity contribution in [2.45, 2.75) is 50.1 Å². The molecule has 18 heavy (non-hydrogen) atoms. The highest BCUT2D eigenvalue weighted by molar-refractivity contribution is 4.79. The lowest BCUT2D eigenvalue weighted by molar-refractivity contribution is -0.773. The summed E-state index contributed by atoms with van der Waals surface area (Å²) in [4.78, 5) is 29.0. The Bertz CT molecular complexity index is 281. The molecule has 0 radical (unpaired) electrons. The third-order valence-corrected chi connectivity index (χ3v) is 2.80. The van der Waals surface area contributed by atoms with Gasteiger partial charge < -0.3 is 19.9 Å². The molecule has 0 unspecified atom stereocenters. The van der Waals surface area contributed by atoms with E-state index in [2.05, 4.69) is 9.68 Å². The summed E-state index contributed by atoms with van der Waals surface area (Å²) in [5.74, 6) is 0. The highest BCUT2D eigenvalue weighted by Gasteiger charge is 2.32. The fourth-order valence-corrected chi connectivity index (χ4v) is 1.89. The first-order chi connectivity index (χ1) is 8.40. The molecule has 0 spiro atoms. The van der Waals surface area contributed by atoms with Crippen molar-refractivity contribution in [1.82, 2.24) is 0 Å². The maximum Gasteiger partial charge on any atom is 0.294 e. The molecule has 0 bridgehead atoms. The van der Waals surface area contributed by atoms with Gasteiger partial charge in [-0.2, -0.15) is 0 Å². The minimum absolute atomic E-state index is 0.00801. The monoisotopic (exact) mass is 266 g/mol. The van der Waals surface area contributed by atoms with E-state index >= 15 is 0 Å². The first-order valence-electron chi connectivity index (χ1n) is 5.38. The summed E-state index contributed by atoms with van der Waals surface area (Å²) in [7, 11) is 0. The Morgan fingerprint density at radius 1 is 0.833 bits per heavy atom. The average Bonchev–Trinajstić information content (AvgIpc) is 2.26. The van der Waals surface area contributed by atoms with E-state index in [0.29, 0.717) is 0 Å². The van der Waals surface area contributed by atoms with Gasteiger partial charge in [0, 0.05) is 0 Å². The molecule has 1 saturated carbocycles. The van der Waals surface area contributed by atoms with E-state index in [1.165, 1.54) is 0 Å². The second-order valence-electron chi connectivity index (χ2n) is 4.02. The summed E-state index contributed by atoms with van der Waals surface area (Å²) < 4.78 is 0. The molecule has 0 aromatic carbocycles. The third kappa shape index (κ3) is 4.30. The van der Waals surface area contributed by atoms with Gasteiger partial charge in [0.1, 0.15) is 12.2 Å². The molecule has 0 amide bonds. The van der Waals surface area contributed by atoms with Crippen LogP contribution in [0.4, 0.5) is 0 Å². The maximum atomic E-state index is 10.2. The SMILES string of the molecule is O=[N+]([O-])O[C@@H]1CC[C@@H](O)[C@H](O[N+](=O)[O-])CC[C@H]1O. The van der Waals surface area contributed by atoms with Gasteiger partial charge in [0.2, 0.25) is 0 Å². The minimum Gasteiger partial charge on any atom is -0.391 e. The van der Waals surface area contributed by atoms with E-state index < -0.39 is 34.6 Å². The summed E-state index contributed by atoms with van der Waals surface area (Å²) in [6.45, 7) is 0. The summed E-state index contributed by atoms with van der Waals surface area (Å²) in [6, 6.07) is 0. The van der Waals surface area contributed by atoms with Gasteiger partial charge in [-0.1, -0.05) is 0 Å². The van der Waals surface area contributed by atoms with Crippen LogP contribution in [0.15, 0.2) is 0 Å². The van der Waals surface area contributed by atoms with Gasteiger partial charge in [0.25, 0.3) is 10.2 Å². The third-order valence-electron chi connectivity index (χ3n) is 2.80. The predicted octanol–water partition coefficient (Wildman–Crippen LogP) is -0.564. The van der Waals surface area contributed by atoms with Crippen LogP contribution < -0.4 is 0 Å². The lowest BCUT2D eigenvalue weighted by Crippen LogP contribution is -2.40. The zero-order valence-electron chi connectivity index (χ0n) is 9.38. The molecule has 104 valence electrons. The largest absolute Gasteiger partial charge is 0.391 e. The molecule has 2 N–H and O–H groups in total. The molecule has 1 rings (SSSR count). The Morgan fingerprint density at radius 2 is 1.17 bits per heavy atom. The summed E-state index contributed by atoms with van der Waals surface area (Å²) in [5.41, 5.74) is 0. The Labute approximate surface area is 101 Å². The number of aliphatic hydroxyl groups excluding tert-OH is 2. The second kappa shape index (κ2) is 6.31. The normalized spacial score (nSPS) is 33.0. The van der Waals surface area contributed by atoms with Crippen molar-refractivity contribution in [3.05, 3.63) is 20.2 Å². The van der Waals surface area contributed by atoms with Crippen LogP contribution in [-0.2, 0) is 9.68 Å². The fourth-order valence-electron chi connectivity index (χ4n) is 1.89. The Morgan fingerprint density at radius 3 is 1.44 bits per heavy atom. The Hall–Kier alpha value is -1.68. The molecule has 0 aliphatic heterocycles. The van der Waals surface area contributed by atoms with Crippen molar-refractivity contribution < 1.29 is 30.1 Å². The van der Waals surface area contributed by atoms with Gasteiger partial charge in [-0.15, -0.1) is 20.2 Å². The lowest BCUT2D eigenvalue weighted by atomic mass is 9.92. The van der Waals surface area contributed by atoms with E-state index in [4.69, 9.17) is 0 Å². The van der Waals surface area contributed by atoms with Crippen LogP contribution in [0.2, 0.25) is 0 Å². The van der Waals surface area contributed by atoms with Gasteiger partial charge in [0.15, 0.2) is 0 Å². The summed E-state index contributed by atoms with van der Waals surface area (Å²) in [5, 5.41) is 37.6. The molecule has 4 atom stereocenters. The van der Waals surface area contributed by atoms with Gasteiger partial charge in [0.05, 0.1) is 12.2 Å². The van der Waals surface area contributed by atoms with Crippen molar-refractivity contribution in [2.24, 2.45) is 0 Å². The first-order valence-corrected chi connectivity index (χ1v) is 5.38. The number of hydrogen-bond donors (Lipinski definition) is 2. The molecule has 10 heteroatoms. The Kier molecular flexibility index (Phi) is 5.04. The van der Waals surface area contributed by atoms with Crippen LogP contribution >= 0.6 is 0 Å². The van der Waals surface area contributed by atoms with E-state index in [0.717, 1.165) is 0 Å². The summed E-state index contributed by atoms with van der Waals surface area (Å²) in [6.07, 6.45) is -4.27. The molecule has 1 aliphatic rings. The van der Waals surface area contributed by atoms with Crippen LogP contribution in [0.5, 0.6) is 0 Å². The van der Waals surface area contributed by atoms with Gasteiger partial charge in [-0.3, -0.25) is 0 Å². The predicted molar refractivity (Wildman–Crippen MR) is 54.2 cm³/mol. The maximum absolute atomic E-state index is 10.2. The zero-order chi connectivity index (χ0) is 13.7. The summed E-state index contributed by atoms with van der Waals surface area (Å²) >= 11 is 0. The van der Waals surface area contributed by atoms with Crippen molar-refractivity contribution in [3.8, 4) is 0 Å². The second-order valence-corrected chi connectivity index (χ2v) is 4.02. The van der Waals surface area contributed by atoms with E-state index in [1.807, 2.05) is 0 Å². The molecular weight excluding hydrogens is 252 g/mol. The molecule has 0 saturated heterocycles. The molecule has 0 aromatic rings. The topological polar surface area (TPSA) is 145 Å². The van der Waals surface area contributed by atoms with Gasteiger partial charge in [-0.05, 0) is 25.7 Å². The average molecular weight is 266 g/mol. The lowest BCUT2D eigenvalue weighted by Gasteiger charge is -2.29. The quantitative estimate of drug-likeness (QED) is 0.508. The Balaban J connectivity index is 2.59. The van der Waals surface area contributed by atoms with Gasteiger partial charge >= 0.3 is 0 Å². The van der Waals surface area contributed by atoms with Crippen LogP contribution in [-0.4, -0.2) is 44.8 Å². The van der Waals surface area contributed by atoms with Crippen molar-refractivity contribution >= 4 is 0 Å². The molecule has 0 aromatic heterocycles.